The summed E-state index contributed by atoms with van der Waals surface area (Å²) >= 11 is 0. The number of nitrogens with two attached hydrogens (primary N) is 1. The Hall–Kier alpha value is -3.12. The molecule has 2 aromatic carbocycles. The van der Waals surface area contributed by atoms with E-state index in [2.05, 4.69) is 17.1 Å². The average molecular weight is 393 g/mol. The van der Waals surface area contributed by atoms with Gasteiger partial charge in [-0.1, -0.05) is 48.5 Å². The second-order valence-electron chi connectivity index (χ2n) is 7.16. The van der Waals surface area contributed by atoms with Crippen LogP contribution in [0.5, 0.6) is 5.75 Å². The number of imidazole rings is 1. The lowest BCUT2D eigenvalue weighted by molar-refractivity contribution is -0.131. The normalized spacial score (nSPS) is 11.8. The fourth-order valence-electron chi connectivity index (χ4n) is 3.30. The van der Waals surface area contributed by atoms with Crippen LogP contribution in [0.3, 0.4) is 0 Å². The van der Waals surface area contributed by atoms with E-state index in [0.717, 1.165) is 23.6 Å². The summed E-state index contributed by atoms with van der Waals surface area (Å²) in [4.78, 5) is 18.7. The van der Waals surface area contributed by atoms with Gasteiger partial charge in [0.1, 0.15) is 5.75 Å². The molecular formula is C23H28N4O2. The highest BCUT2D eigenvalue weighted by molar-refractivity contribution is 5.81. The molecule has 0 aliphatic heterocycles. The standard InChI is InChI=1S/C23H28N4O2/c1-26(13-12-19-10-6-7-11-22(19)29-2)23(28)21(24)14-20-16-27(17-25-20)15-18-8-4-3-5-9-18/h3-11,16-17,21H,12-15,24H2,1-2H3/t21-/m0/s1. The number of carbonyl (C=O) groups is 1. The maximum atomic E-state index is 12.7. The van der Waals surface area contributed by atoms with E-state index in [1.54, 1.807) is 25.4 Å². The molecular weight excluding hydrogens is 364 g/mol. The third-order valence-electron chi connectivity index (χ3n) is 4.93. The van der Waals surface area contributed by atoms with E-state index in [0.29, 0.717) is 19.4 Å². The van der Waals surface area contributed by atoms with Crippen LogP contribution in [0.1, 0.15) is 16.8 Å². The second kappa shape index (κ2) is 9.89. The topological polar surface area (TPSA) is 73.4 Å². The lowest BCUT2D eigenvalue weighted by atomic mass is 10.1. The molecule has 0 fully saturated rings. The lowest BCUT2D eigenvalue weighted by Gasteiger charge is -2.21. The monoisotopic (exact) mass is 392 g/mol. The van der Waals surface area contributed by atoms with Crippen molar-refractivity contribution in [3.05, 3.63) is 83.9 Å². The van der Waals surface area contributed by atoms with E-state index in [1.807, 2.05) is 53.2 Å². The van der Waals surface area contributed by atoms with Gasteiger partial charge in [0.15, 0.2) is 0 Å². The Bertz CT molecular complexity index is 923. The Morgan fingerprint density at radius 1 is 1.17 bits per heavy atom. The number of aromatic nitrogens is 2. The number of amides is 1. The fraction of sp³-hybridized carbons (Fsp3) is 0.304. The van der Waals surface area contributed by atoms with Crippen LogP contribution < -0.4 is 10.5 Å². The highest BCUT2D eigenvalue weighted by Gasteiger charge is 2.19. The first-order chi connectivity index (χ1) is 14.1. The van der Waals surface area contributed by atoms with Crippen LogP contribution in [-0.4, -0.2) is 47.1 Å². The number of rotatable bonds is 9. The van der Waals surface area contributed by atoms with E-state index in [4.69, 9.17) is 10.5 Å². The molecule has 152 valence electrons. The predicted molar refractivity (Wildman–Crippen MR) is 114 cm³/mol. The van der Waals surface area contributed by atoms with E-state index in [-0.39, 0.29) is 5.91 Å². The molecule has 0 saturated carbocycles. The molecule has 0 aliphatic rings. The molecule has 0 aliphatic carbocycles. The van der Waals surface area contributed by atoms with Crippen LogP contribution in [0, 0.1) is 0 Å². The molecule has 6 nitrogen and oxygen atoms in total. The van der Waals surface area contributed by atoms with Crippen LogP contribution in [0.25, 0.3) is 0 Å². The highest BCUT2D eigenvalue weighted by Crippen LogP contribution is 2.18. The fourth-order valence-corrected chi connectivity index (χ4v) is 3.30. The molecule has 1 heterocycles. The van der Waals surface area contributed by atoms with Gasteiger partial charge in [0.2, 0.25) is 5.91 Å². The summed E-state index contributed by atoms with van der Waals surface area (Å²) in [6.45, 7) is 1.32. The predicted octanol–water partition coefficient (Wildman–Crippen LogP) is 2.51. The van der Waals surface area contributed by atoms with Crippen LogP contribution in [0.4, 0.5) is 0 Å². The van der Waals surface area contributed by atoms with Crippen LogP contribution in [0.2, 0.25) is 0 Å². The number of hydrogen-bond donors (Lipinski definition) is 1. The van der Waals surface area contributed by atoms with Crippen LogP contribution >= 0.6 is 0 Å². The Balaban J connectivity index is 1.52. The number of methoxy groups -OCH3 is 1. The number of benzene rings is 2. The molecule has 0 radical (unpaired) electrons. The summed E-state index contributed by atoms with van der Waals surface area (Å²) in [5.41, 5.74) is 9.27. The van der Waals surface area contributed by atoms with Gasteiger partial charge in [0.05, 0.1) is 25.2 Å². The van der Waals surface area contributed by atoms with E-state index < -0.39 is 6.04 Å². The number of nitrogens with zero attached hydrogens (tertiary/aromatic N) is 3. The zero-order valence-corrected chi connectivity index (χ0v) is 17.0. The van der Waals surface area contributed by atoms with Crippen LogP contribution in [0.15, 0.2) is 67.1 Å². The number of carbonyl (C=O) groups excluding carboxylic acids is 1. The third kappa shape index (κ3) is 5.68. The quantitative estimate of drug-likeness (QED) is 0.607. The molecule has 1 amide bonds. The van der Waals surface area contributed by atoms with Crippen molar-refractivity contribution in [2.45, 2.75) is 25.4 Å². The first kappa shape index (κ1) is 20.6. The van der Waals surface area contributed by atoms with E-state index in [1.165, 1.54) is 5.56 Å². The van der Waals surface area contributed by atoms with E-state index in [9.17, 15) is 4.79 Å². The molecule has 29 heavy (non-hydrogen) atoms. The molecule has 0 saturated heterocycles. The Kier molecular flexibility index (Phi) is 7.03. The second-order valence-corrected chi connectivity index (χ2v) is 7.16. The molecule has 3 rings (SSSR count). The van der Waals surface area contributed by atoms with Crippen LogP contribution in [-0.2, 0) is 24.2 Å². The zero-order valence-electron chi connectivity index (χ0n) is 17.0. The van der Waals surface area contributed by atoms with Gasteiger partial charge in [0, 0.05) is 32.8 Å². The Labute approximate surface area is 171 Å². The first-order valence-corrected chi connectivity index (χ1v) is 9.74. The Morgan fingerprint density at radius 3 is 2.66 bits per heavy atom. The van der Waals surface area contributed by atoms with Gasteiger partial charge < -0.3 is 19.9 Å². The molecule has 2 N–H and O–H groups in total. The number of hydrogen-bond acceptors (Lipinski definition) is 4. The number of ether oxygens (including phenoxy) is 1. The maximum Gasteiger partial charge on any atom is 0.239 e. The average Bonchev–Trinajstić information content (AvgIpc) is 3.18. The van der Waals surface area contributed by atoms with Gasteiger partial charge >= 0.3 is 0 Å². The Morgan fingerprint density at radius 2 is 1.90 bits per heavy atom. The molecule has 1 atom stereocenters. The minimum atomic E-state index is -0.613. The summed E-state index contributed by atoms with van der Waals surface area (Å²) in [6, 6.07) is 17.4. The molecule has 0 spiro atoms. The number of para-hydroxylation sites is 1. The summed E-state index contributed by atoms with van der Waals surface area (Å²) in [7, 11) is 3.44. The van der Waals surface area contributed by atoms with Gasteiger partial charge in [-0.15, -0.1) is 0 Å². The molecule has 0 unspecified atom stereocenters. The minimum Gasteiger partial charge on any atom is -0.496 e. The SMILES string of the molecule is COc1ccccc1CCN(C)C(=O)[C@@H](N)Cc1cn(Cc2ccccc2)cn1. The van der Waals surface area contributed by atoms with Gasteiger partial charge in [-0.25, -0.2) is 4.98 Å². The molecule has 1 aromatic heterocycles. The summed E-state index contributed by atoms with van der Waals surface area (Å²) in [5.74, 6) is 0.749. The van der Waals surface area contributed by atoms with Crippen molar-refractivity contribution in [2.75, 3.05) is 20.7 Å². The van der Waals surface area contributed by atoms with Gasteiger partial charge in [-0.2, -0.15) is 0 Å². The smallest absolute Gasteiger partial charge is 0.239 e. The molecule has 3 aromatic rings. The van der Waals surface area contributed by atoms with E-state index >= 15 is 0 Å². The van der Waals surface area contributed by atoms with Gasteiger partial charge in [0.25, 0.3) is 0 Å². The minimum absolute atomic E-state index is 0.0856. The van der Waals surface area contributed by atoms with Crippen molar-refractivity contribution in [1.29, 1.82) is 0 Å². The largest absolute Gasteiger partial charge is 0.496 e. The maximum absolute atomic E-state index is 12.7. The third-order valence-corrected chi connectivity index (χ3v) is 4.93. The summed E-state index contributed by atoms with van der Waals surface area (Å²) in [5, 5.41) is 0. The zero-order chi connectivity index (χ0) is 20.6. The summed E-state index contributed by atoms with van der Waals surface area (Å²) in [6.07, 6.45) is 4.87. The highest BCUT2D eigenvalue weighted by atomic mass is 16.5. The van der Waals surface area contributed by atoms with Crippen molar-refractivity contribution in [3.63, 3.8) is 0 Å². The van der Waals surface area contributed by atoms with Crippen molar-refractivity contribution >= 4 is 5.91 Å². The lowest BCUT2D eigenvalue weighted by Crippen LogP contribution is -2.43. The molecule has 6 heteroatoms. The first-order valence-electron chi connectivity index (χ1n) is 9.74. The van der Waals surface area contributed by atoms with Gasteiger partial charge in [-0.3, -0.25) is 4.79 Å². The van der Waals surface area contributed by atoms with Crippen molar-refractivity contribution in [1.82, 2.24) is 14.5 Å². The van der Waals surface area contributed by atoms with Crippen molar-refractivity contribution in [3.8, 4) is 5.75 Å². The van der Waals surface area contributed by atoms with Crippen molar-refractivity contribution < 1.29 is 9.53 Å². The number of likely N-dealkylation sites (N-methyl/N-ethyl adjacent to an activating group) is 1. The summed E-state index contributed by atoms with van der Waals surface area (Å²) < 4.78 is 7.38. The molecule has 0 bridgehead atoms. The van der Waals surface area contributed by atoms with Crippen molar-refractivity contribution in [2.24, 2.45) is 5.73 Å². The van der Waals surface area contributed by atoms with Gasteiger partial charge in [-0.05, 0) is 23.6 Å².